The number of benzene rings is 1. The first-order valence-electron chi connectivity index (χ1n) is 6.67. The maximum Gasteiger partial charge on any atom is 0.0471 e. The third-order valence-electron chi connectivity index (χ3n) is 3.88. The maximum absolute atomic E-state index is 9.11. The van der Waals surface area contributed by atoms with Crippen molar-refractivity contribution >= 4 is 0 Å². The zero-order valence-electron chi connectivity index (χ0n) is 10.7. The molecule has 1 aliphatic heterocycles. The highest BCUT2D eigenvalue weighted by molar-refractivity contribution is 5.18. The van der Waals surface area contributed by atoms with Crippen LogP contribution in [0.25, 0.3) is 0 Å². The molecule has 0 amide bonds. The third-order valence-corrected chi connectivity index (χ3v) is 3.88. The minimum absolute atomic E-state index is 0.352. The molecule has 1 aliphatic rings. The summed E-state index contributed by atoms with van der Waals surface area (Å²) in [7, 11) is 0. The summed E-state index contributed by atoms with van der Waals surface area (Å²) in [5.41, 5.74) is 1.44. The van der Waals surface area contributed by atoms with E-state index < -0.39 is 0 Å². The van der Waals surface area contributed by atoms with Gasteiger partial charge in [0.25, 0.3) is 0 Å². The van der Waals surface area contributed by atoms with Crippen LogP contribution in [0.3, 0.4) is 0 Å². The predicted octanol–water partition coefficient (Wildman–Crippen LogP) is 2.49. The number of rotatable bonds is 5. The summed E-state index contributed by atoms with van der Waals surface area (Å²) >= 11 is 0. The van der Waals surface area contributed by atoms with Crippen LogP contribution in [0.15, 0.2) is 30.3 Å². The van der Waals surface area contributed by atoms with Crippen molar-refractivity contribution in [2.75, 3.05) is 26.2 Å². The van der Waals surface area contributed by atoms with E-state index in [1.807, 2.05) is 0 Å². The molecule has 2 rings (SSSR count). The molecule has 0 saturated carbocycles. The maximum atomic E-state index is 9.11. The van der Waals surface area contributed by atoms with Crippen LogP contribution in [-0.2, 0) is 0 Å². The van der Waals surface area contributed by atoms with Crippen LogP contribution >= 0.6 is 0 Å². The Kier molecular flexibility index (Phi) is 4.57. The van der Waals surface area contributed by atoms with Gasteiger partial charge < -0.3 is 10.0 Å². The second-order valence-corrected chi connectivity index (χ2v) is 5.24. The second kappa shape index (κ2) is 6.18. The fourth-order valence-electron chi connectivity index (χ4n) is 2.59. The van der Waals surface area contributed by atoms with Gasteiger partial charge in [-0.3, -0.25) is 0 Å². The van der Waals surface area contributed by atoms with E-state index in [0.29, 0.717) is 18.4 Å². The molecule has 94 valence electrons. The smallest absolute Gasteiger partial charge is 0.0471 e. The molecule has 1 aromatic rings. The molecule has 0 unspecified atom stereocenters. The van der Waals surface area contributed by atoms with E-state index in [1.165, 1.54) is 12.0 Å². The molecule has 17 heavy (non-hydrogen) atoms. The van der Waals surface area contributed by atoms with Gasteiger partial charge >= 0.3 is 0 Å². The van der Waals surface area contributed by atoms with E-state index in [2.05, 4.69) is 42.2 Å². The first-order valence-corrected chi connectivity index (χ1v) is 6.67. The average Bonchev–Trinajstić information content (AvgIpc) is 2.85. The van der Waals surface area contributed by atoms with E-state index >= 15 is 0 Å². The minimum atomic E-state index is 0.352. The van der Waals surface area contributed by atoms with Crippen molar-refractivity contribution < 1.29 is 5.11 Å². The molecular formula is C15H23NO. The van der Waals surface area contributed by atoms with Gasteiger partial charge in [0.1, 0.15) is 0 Å². The largest absolute Gasteiger partial charge is 0.396 e. The lowest BCUT2D eigenvalue weighted by molar-refractivity contribution is 0.220. The summed E-state index contributed by atoms with van der Waals surface area (Å²) < 4.78 is 0. The molecule has 0 spiro atoms. The Hall–Kier alpha value is -0.860. The Morgan fingerprint density at radius 3 is 2.76 bits per heavy atom. The highest BCUT2D eigenvalue weighted by Gasteiger charge is 2.21. The Balaban J connectivity index is 1.75. The lowest BCUT2D eigenvalue weighted by Gasteiger charge is -2.19. The Labute approximate surface area is 104 Å². The minimum Gasteiger partial charge on any atom is -0.396 e. The summed E-state index contributed by atoms with van der Waals surface area (Å²) in [5, 5.41) is 9.11. The molecule has 2 nitrogen and oxygen atoms in total. The van der Waals surface area contributed by atoms with Gasteiger partial charge in [-0.15, -0.1) is 0 Å². The highest BCUT2D eigenvalue weighted by Crippen LogP contribution is 2.21. The average molecular weight is 233 g/mol. The lowest BCUT2D eigenvalue weighted by Crippen LogP contribution is -2.23. The zero-order chi connectivity index (χ0) is 12.1. The molecule has 1 heterocycles. The predicted molar refractivity (Wildman–Crippen MR) is 71.1 cm³/mol. The third kappa shape index (κ3) is 3.55. The summed E-state index contributed by atoms with van der Waals surface area (Å²) in [4.78, 5) is 2.49. The van der Waals surface area contributed by atoms with Gasteiger partial charge in [0.05, 0.1) is 0 Å². The molecule has 0 bridgehead atoms. The van der Waals surface area contributed by atoms with Gasteiger partial charge in [-0.05, 0) is 43.3 Å². The van der Waals surface area contributed by atoms with Gasteiger partial charge in [0.15, 0.2) is 0 Å². The number of likely N-dealkylation sites (tertiary alicyclic amines) is 1. The number of aliphatic hydroxyl groups is 1. The molecule has 0 radical (unpaired) electrons. The van der Waals surface area contributed by atoms with Crippen molar-refractivity contribution in [3.8, 4) is 0 Å². The van der Waals surface area contributed by atoms with Crippen LogP contribution < -0.4 is 0 Å². The molecule has 1 fully saturated rings. The second-order valence-electron chi connectivity index (χ2n) is 5.24. The summed E-state index contributed by atoms with van der Waals surface area (Å²) in [5.74, 6) is 1.14. The van der Waals surface area contributed by atoms with Gasteiger partial charge in [-0.1, -0.05) is 37.3 Å². The molecule has 2 atom stereocenters. The van der Waals surface area contributed by atoms with Crippen molar-refractivity contribution in [2.45, 2.75) is 25.7 Å². The van der Waals surface area contributed by atoms with Gasteiger partial charge in [-0.2, -0.15) is 0 Å². The number of aliphatic hydroxyl groups excluding tert-OH is 1. The standard InChI is InChI=1S/C15H23NO/c1-13(15-5-3-2-4-6-15)7-9-16-10-8-14(11-16)12-17/h2-6,13-14,17H,7-12H2,1H3/t13-,14-/m1/s1. The Morgan fingerprint density at radius 1 is 1.35 bits per heavy atom. The lowest BCUT2D eigenvalue weighted by atomic mass is 9.98. The fourth-order valence-corrected chi connectivity index (χ4v) is 2.59. The molecule has 2 heteroatoms. The van der Waals surface area contributed by atoms with E-state index in [4.69, 9.17) is 5.11 Å². The first-order chi connectivity index (χ1) is 8.29. The van der Waals surface area contributed by atoms with Gasteiger partial charge in [0.2, 0.25) is 0 Å². The number of hydrogen-bond donors (Lipinski definition) is 1. The first kappa shape index (κ1) is 12.6. The topological polar surface area (TPSA) is 23.5 Å². The molecule has 1 aromatic carbocycles. The van der Waals surface area contributed by atoms with E-state index in [0.717, 1.165) is 26.1 Å². The number of hydrogen-bond acceptors (Lipinski definition) is 2. The van der Waals surface area contributed by atoms with Crippen molar-refractivity contribution in [1.82, 2.24) is 4.90 Å². The van der Waals surface area contributed by atoms with Gasteiger partial charge in [-0.25, -0.2) is 0 Å². The monoisotopic (exact) mass is 233 g/mol. The van der Waals surface area contributed by atoms with Gasteiger partial charge in [0, 0.05) is 13.2 Å². The molecule has 0 aromatic heterocycles. The quantitative estimate of drug-likeness (QED) is 0.844. The summed E-state index contributed by atoms with van der Waals surface area (Å²) in [6.07, 6.45) is 2.37. The van der Waals surface area contributed by atoms with E-state index in [1.54, 1.807) is 0 Å². The van der Waals surface area contributed by atoms with Crippen LogP contribution in [0.4, 0.5) is 0 Å². The van der Waals surface area contributed by atoms with Crippen molar-refractivity contribution in [2.24, 2.45) is 5.92 Å². The Morgan fingerprint density at radius 2 is 2.12 bits per heavy atom. The number of nitrogens with zero attached hydrogens (tertiary/aromatic N) is 1. The van der Waals surface area contributed by atoms with Crippen LogP contribution in [0.2, 0.25) is 0 Å². The highest BCUT2D eigenvalue weighted by atomic mass is 16.3. The van der Waals surface area contributed by atoms with Crippen molar-refractivity contribution in [1.29, 1.82) is 0 Å². The van der Waals surface area contributed by atoms with E-state index in [-0.39, 0.29) is 0 Å². The molecule has 1 N–H and O–H groups in total. The Bertz CT molecular complexity index is 325. The summed E-state index contributed by atoms with van der Waals surface area (Å²) in [6.45, 7) is 6.05. The fraction of sp³-hybridized carbons (Fsp3) is 0.600. The van der Waals surface area contributed by atoms with Crippen molar-refractivity contribution in [3.63, 3.8) is 0 Å². The molecule has 1 saturated heterocycles. The van der Waals surface area contributed by atoms with Crippen molar-refractivity contribution in [3.05, 3.63) is 35.9 Å². The van der Waals surface area contributed by atoms with Crippen LogP contribution in [0, 0.1) is 5.92 Å². The molecule has 0 aliphatic carbocycles. The zero-order valence-corrected chi connectivity index (χ0v) is 10.7. The van der Waals surface area contributed by atoms with Crippen LogP contribution in [0.5, 0.6) is 0 Å². The normalized spacial score (nSPS) is 22.8. The van der Waals surface area contributed by atoms with Crippen LogP contribution in [-0.4, -0.2) is 36.2 Å². The van der Waals surface area contributed by atoms with Crippen LogP contribution in [0.1, 0.15) is 31.2 Å². The molecular weight excluding hydrogens is 210 g/mol. The summed E-state index contributed by atoms with van der Waals surface area (Å²) in [6, 6.07) is 10.7. The van der Waals surface area contributed by atoms with E-state index in [9.17, 15) is 0 Å². The SMILES string of the molecule is C[C@H](CCN1CC[C@@H](CO)C1)c1ccccc1.